The van der Waals surface area contributed by atoms with Crippen LogP contribution in [-0.4, -0.2) is 56.9 Å². The average molecular weight is 541 g/mol. The van der Waals surface area contributed by atoms with Gasteiger partial charge in [0.05, 0.1) is 0 Å². The molecule has 3 N–H and O–H groups in total. The van der Waals surface area contributed by atoms with Crippen LogP contribution in [0.25, 0.3) is 0 Å². The molecule has 2 amide bonds. The van der Waals surface area contributed by atoms with Crippen molar-refractivity contribution >= 4 is 41.8 Å². The third kappa shape index (κ3) is 8.16. The number of aryl methyl sites for hydroxylation is 1. The van der Waals surface area contributed by atoms with Gasteiger partial charge in [-0.2, -0.15) is 0 Å². The van der Waals surface area contributed by atoms with Crippen LogP contribution in [-0.2, 0) is 6.54 Å². The minimum Gasteiger partial charge on any atom is -0.355 e. The molecule has 0 atom stereocenters. The predicted molar refractivity (Wildman–Crippen MR) is 132 cm³/mol. The zero-order chi connectivity index (χ0) is 22.1. The van der Waals surface area contributed by atoms with E-state index in [-0.39, 0.29) is 41.4 Å². The molecule has 2 rings (SSSR count). The molecule has 168 valence electrons. The third-order valence-corrected chi connectivity index (χ3v) is 4.43. The first-order valence-electron chi connectivity index (χ1n) is 9.61. The number of guanidine groups is 1. The molecule has 0 aliphatic carbocycles. The highest BCUT2D eigenvalue weighted by Crippen LogP contribution is 2.09. The first-order chi connectivity index (χ1) is 14.3. The lowest BCUT2D eigenvalue weighted by molar-refractivity contribution is 0.0827. The van der Waals surface area contributed by atoms with Crippen LogP contribution in [0, 0.1) is 12.7 Å². The molecule has 0 spiro atoms. The Hall–Kier alpha value is -2.69. The SMILES string of the molecule is CN=C(NCCNC(=O)c1ccc(C)c(F)c1)NCc1ccc(C(=O)N(C)C)cc1.I. The van der Waals surface area contributed by atoms with Gasteiger partial charge in [-0.3, -0.25) is 14.6 Å². The van der Waals surface area contributed by atoms with Gasteiger partial charge in [0.15, 0.2) is 5.96 Å². The van der Waals surface area contributed by atoms with Crippen molar-refractivity contribution in [2.45, 2.75) is 13.5 Å². The molecule has 9 heteroatoms. The van der Waals surface area contributed by atoms with E-state index in [4.69, 9.17) is 0 Å². The first kappa shape index (κ1) is 26.3. The molecule has 0 fully saturated rings. The zero-order valence-corrected chi connectivity index (χ0v) is 20.5. The minimum absolute atomic E-state index is 0. The van der Waals surface area contributed by atoms with Gasteiger partial charge >= 0.3 is 0 Å². The van der Waals surface area contributed by atoms with E-state index in [2.05, 4.69) is 20.9 Å². The Morgan fingerprint density at radius 1 is 0.968 bits per heavy atom. The Labute approximate surface area is 199 Å². The molecule has 0 aromatic heterocycles. The largest absolute Gasteiger partial charge is 0.355 e. The van der Waals surface area contributed by atoms with E-state index in [1.807, 2.05) is 12.1 Å². The molecular formula is C22H29FIN5O2. The van der Waals surface area contributed by atoms with E-state index in [1.54, 1.807) is 52.3 Å². The van der Waals surface area contributed by atoms with Gasteiger partial charge in [0.1, 0.15) is 5.82 Å². The number of aliphatic imine (C=N–C) groups is 1. The summed E-state index contributed by atoms with van der Waals surface area (Å²) in [5, 5.41) is 9.01. The Kier molecular flexibility index (Phi) is 10.9. The van der Waals surface area contributed by atoms with Gasteiger partial charge in [0.2, 0.25) is 0 Å². The van der Waals surface area contributed by atoms with Crippen LogP contribution in [0.5, 0.6) is 0 Å². The molecule has 0 aliphatic rings. The highest BCUT2D eigenvalue weighted by atomic mass is 127. The zero-order valence-electron chi connectivity index (χ0n) is 18.2. The maximum atomic E-state index is 13.6. The number of benzene rings is 2. The summed E-state index contributed by atoms with van der Waals surface area (Å²) in [6.45, 7) is 2.99. The fourth-order valence-corrected chi connectivity index (χ4v) is 2.62. The standard InChI is InChI=1S/C22H28FN5O2.HI/c1-15-5-8-18(13-19(15)23)20(29)25-11-12-26-22(24-2)27-14-16-6-9-17(10-7-16)21(30)28(3)4;/h5-10,13H,11-12,14H2,1-4H3,(H,25,29)(H2,24,26,27);1H. The summed E-state index contributed by atoms with van der Waals surface area (Å²) >= 11 is 0. The number of hydrogen-bond acceptors (Lipinski definition) is 3. The quantitative estimate of drug-likeness (QED) is 0.218. The minimum atomic E-state index is -0.399. The average Bonchev–Trinajstić information content (AvgIpc) is 2.74. The van der Waals surface area contributed by atoms with Gasteiger partial charge in [-0.05, 0) is 42.3 Å². The molecule has 31 heavy (non-hydrogen) atoms. The van der Waals surface area contributed by atoms with Crippen LogP contribution in [0.1, 0.15) is 31.8 Å². The van der Waals surface area contributed by atoms with Gasteiger partial charge in [-0.1, -0.05) is 18.2 Å². The Bertz CT molecular complexity index is 917. The lowest BCUT2D eigenvalue weighted by atomic mass is 10.1. The number of carbonyl (C=O) groups is 2. The summed E-state index contributed by atoms with van der Waals surface area (Å²) in [6.07, 6.45) is 0. The monoisotopic (exact) mass is 541 g/mol. The van der Waals surface area contributed by atoms with Gasteiger partial charge < -0.3 is 20.9 Å². The lowest BCUT2D eigenvalue weighted by Crippen LogP contribution is -2.41. The maximum absolute atomic E-state index is 13.6. The number of nitrogens with zero attached hydrogens (tertiary/aromatic N) is 2. The van der Waals surface area contributed by atoms with Crippen molar-refractivity contribution in [3.8, 4) is 0 Å². The van der Waals surface area contributed by atoms with E-state index >= 15 is 0 Å². The molecular weight excluding hydrogens is 512 g/mol. The number of rotatable bonds is 7. The summed E-state index contributed by atoms with van der Waals surface area (Å²) in [7, 11) is 5.09. The number of halogens is 2. The van der Waals surface area contributed by atoms with Crippen molar-refractivity contribution < 1.29 is 14.0 Å². The van der Waals surface area contributed by atoms with E-state index in [0.29, 0.717) is 36.7 Å². The fraction of sp³-hybridized carbons (Fsp3) is 0.318. The summed E-state index contributed by atoms with van der Waals surface area (Å²) in [6, 6.07) is 11.8. The second-order valence-corrected chi connectivity index (χ2v) is 6.97. The molecule has 7 nitrogen and oxygen atoms in total. The van der Waals surface area contributed by atoms with Crippen molar-refractivity contribution in [2.75, 3.05) is 34.2 Å². The number of amides is 2. The summed E-state index contributed by atoms with van der Waals surface area (Å²) in [5.74, 6) is -0.183. The molecule has 0 bridgehead atoms. The van der Waals surface area contributed by atoms with Gasteiger partial charge in [-0.15, -0.1) is 24.0 Å². The number of nitrogens with one attached hydrogen (secondary N) is 3. The van der Waals surface area contributed by atoms with Crippen LogP contribution < -0.4 is 16.0 Å². The Morgan fingerprint density at radius 3 is 2.16 bits per heavy atom. The molecule has 0 saturated heterocycles. The van der Waals surface area contributed by atoms with Crippen LogP contribution >= 0.6 is 24.0 Å². The number of hydrogen-bond donors (Lipinski definition) is 3. The Balaban J connectivity index is 0.00000480. The lowest BCUT2D eigenvalue weighted by Gasteiger charge is -2.13. The van der Waals surface area contributed by atoms with Crippen molar-refractivity contribution in [2.24, 2.45) is 4.99 Å². The number of carbonyl (C=O) groups excluding carboxylic acids is 2. The van der Waals surface area contributed by atoms with Crippen LogP contribution in [0.15, 0.2) is 47.5 Å². The van der Waals surface area contributed by atoms with Crippen LogP contribution in [0.3, 0.4) is 0 Å². The van der Waals surface area contributed by atoms with Crippen molar-refractivity contribution in [1.29, 1.82) is 0 Å². The summed E-state index contributed by atoms with van der Waals surface area (Å²) < 4.78 is 13.6. The first-order valence-corrected chi connectivity index (χ1v) is 9.61. The molecule has 2 aromatic carbocycles. The third-order valence-electron chi connectivity index (χ3n) is 4.43. The normalized spacial score (nSPS) is 10.7. The predicted octanol–water partition coefficient (Wildman–Crippen LogP) is 2.55. The van der Waals surface area contributed by atoms with E-state index in [1.165, 1.54) is 11.0 Å². The smallest absolute Gasteiger partial charge is 0.253 e. The van der Waals surface area contributed by atoms with Crippen molar-refractivity contribution in [3.63, 3.8) is 0 Å². The molecule has 0 unspecified atom stereocenters. The fourth-order valence-electron chi connectivity index (χ4n) is 2.62. The van der Waals surface area contributed by atoms with Crippen LogP contribution in [0.4, 0.5) is 4.39 Å². The molecule has 2 aromatic rings. The molecule has 0 aliphatic heterocycles. The maximum Gasteiger partial charge on any atom is 0.253 e. The topological polar surface area (TPSA) is 85.8 Å². The van der Waals surface area contributed by atoms with Crippen molar-refractivity contribution in [3.05, 3.63) is 70.5 Å². The summed E-state index contributed by atoms with van der Waals surface area (Å²) in [4.78, 5) is 29.7. The van der Waals surface area contributed by atoms with Gasteiger partial charge in [-0.25, -0.2) is 4.39 Å². The highest BCUT2D eigenvalue weighted by molar-refractivity contribution is 14.0. The van der Waals surface area contributed by atoms with E-state index in [9.17, 15) is 14.0 Å². The second kappa shape index (κ2) is 12.9. The van der Waals surface area contributed by atoms with Crippen molar-refractivity contribution in [1.82, 2.24) is 20.9 Å². The molecule has 0 heterocycles. The van der Waals surface area contributed by atoms with E-state index < -0.39 is 5.82 Å². The second-order valence-electron chi connectivity index (χ2n) is 6.97. The highest BCUT2D eigenvalue weighted by Gasteiger charge is 2.09. The van der Waals surface area contributed by atoms with Gasteiger partial charge in [0.25, 0.3) is 11.8 Å². The van der Waals surface area contributed by atoms with Gasteiger partial charge in [0, 0.05) is 51.9 Å². The molecule has 0 radical (unpaired) electrons. The van der Waals surface area contributed by atoms with E-state index in [0.717, 1.165) is 5.56 Å². The summed E-state index contributed by atoms with van der Waals surface area (Å²) in [5.41, 5.74) is 2.43. The molecule has 0 saturated carbocycles. The van der Waals surface area contributed by atoms with Crippen LogP contribution in [0.2, 0.25) is 0 Å². The Morgan fingerprint density at radius 2 is 1.58 bits per heavy atom.